The van der Waals surface area contributed by atoms with Gasteiger partial charge in [0.05, 0.1) is 24.7 Å². The third-order valence-electron chi connectivity index (χ3n) is 3.90. The molecule has 2 atom stereocenters. The zero-order valence-electron chi connectivity index (χ0n) is 11.5. The Morgan fingerprint density at radius 1 is 1.38 bits per heavy atom. The van der Waals surface area contributed by atoms with E-state index >= 15 is 0 Å². The normalized spacial score (nSPS) is 19.9. The average Bonchev–Trinajstić information content (AvgIpc) is 3.13. The van der Waals surface area contributed by atoms with Crippen LogP contribution >= 0.6 is 0 Å². The lowest BCUT2D eigenvalue weighted by molar-refractivity contribution is 0.180. The summed E-state index contributed by atoms with van der Waals surface area (Å²) in [6.45, 7) is 1.79. The van der Waals surface area contributed by atoms with Gasteiger partial charge in [-0.1, -0.05) is 6.07 Å². The summed E-state index contributed by atoms with van der Waals surface area (Å²) < 4.78 is 33.5. The second-order valence-corrected chi connectivity index (χ2v) is 5.34. The quantitative estimate of drug-likeness (QED) is 0.940. The summed E-state index contributed by atoms with van der Waals surface area (Å²) in [5.74, 6) is -1.42. The zero-order valence-corrected chi connectivity index (χ0v) is 11.5. The fourth-order valence-corrected chi connectivity index (χ4v) is 2.65. The Labute approximate surface area is 121 Å². The van der Waals surface area contributed by atoms with Crippen LogP contribution in [0.1, 0.15) is 23.7 Å². The van der Waals surface area contributed by atoms with Gasteiger partial charge < -0.3 is 15.0 Å². The first kappa shape index (κ1) is 14.2. The first-order valence-electron chi connectivity index (χ1n) is 6.92. The van der Waals surface area contributed by atoms with Gasteiger partial charge in [0.1, 0.15) is 0 Å². The molecule has 0 spiro atoms. The molecule has 1 aromatic carbocycles. The molecule has 4 nitrogen and oxygen atoms in total. The Morgan fingerprint density at radius 2 is 2.24 bits per heavy atom. The summed E-state index contributed by atoms with van der Waals surface area (Å²) >= 11 is 0. The zero-order chi connectivity index (χ0) is 14.8. The van der Waals surface area contributed by atoms with Crippen molar-refractivity contribution in [3.05, 3.63) is 53.6 Å². The third-order valence-corrected chi connectivity index (χ3v) is 3.90. The van der Waals surface area contributed by atoms with Gasteiger partial charge in [-0.05, 0) is 24.1 Å². The Bertz CT molecular complexity index is 623. The van der Waals surface area contributed by atoms with E-state index in [-0.39, 0.29) is 12.0 Å². The first-order valence-corrected chi connectivity index (χ1v) is 6.92. The van der Waals surface area contributed by atoms with Crippen molar-refractivity contribution >= 4 is 0 Å². The molecule has 0 saturated carbocycles. The van der Waals surface area contributed by atoms with Crippen molar-refractivity contribution in [3.8, 4) is 0 Å². The van der Waals surface area contributed by atoms with Gasteiger partial charge in [-0.25, -0.2) is 13.8 Å². The van der Waals surface area contributed by atoms with E-state index < -0.39 is 11.6 Å². The van der Waals surface area contributed by atoms with Gasteiger partial charge >= 0.3 is 0 Å². The van der Waals surface area contributed by atoms with Crippen LogP contribution in [0.5, 0.6) is 0 Å². The summed E-state index contributed by atoms with van der Waals surface area (Å²) in [5, 5.41) is 0. The predicted octanol–water partition coefficient (Wildman–Crippen LogP) is 2.25. The van der Waals surface area contributed by atoms with E-state index in [2.05, 4.69) is 4.98 Å². The molecule has 0 bridgehead atoms. The molecule has 1 aromatic heterocycles. The van der Waals surface area contributed by atoms with Crippen LogP contribution in [0.3, 0.4) is 0 Å². The predicted molar refractivity (Wildman–Crippen MR) is 73.5 cm³/mol. The van der Waals surface area contributed by atoms with Crippen molar-refractivity contribution in [1.29, 1.82) is 0 Å². The van der Waals surface area contributed by atoms with Gasteiger partial charge in [-0.15, -0.1) is 0 Å². The van der Waals surface area contributed by atoms with E-state index in [0.29, 0.717) is 18.7 Å². The molecule has 2 N–H and O–H groups in total. The number of nitrogens with two attached hydrogens (primary N) is 1. The van der Waals surface area contributed by atoms with E-state index in [1.807, 2.05) is 4.57 Å². The molecular weight excluding hydrogens is 276 g/mol. The van der Waals surface area contributed by atoms with Crippen LogP contribution in [0.4, 0.5) is 8.78 Å². The minimum atomic E-state index is -0.845. The van der Waals surface area contributed by atoms with Crippen molar-refractivity contribution in [2.45, 2.75) is 19.0 Å². The topological polar surface area (TPSA) is 53.1 Å². The smallest absolute Gasteiger partial charge is 0.159 e. The Balaban J connectivity index is 1.79. The van der Waals surface area contributed by atoms with Crippen LogP contribution in [0.15, 0.2) is 30.7 Å². The van der Waals surface area contributed by atoms with Crippen molar-refractivity contribution in [2.24, 2.45) is 11.7 Å². The lowest BCUT2D eigenvalue weighted by atomic mass is 9.97. The minimum absolute atomic E-state index is 0.166. The summed E-state index contributed by atoms with van der Waals surface area (Å²) in [7, 11) is 0. The number of hydrogen-bond acceptors (Lipinski definition) is 3. The number of imidazole rings is 1. The molecule has 0 radical (unpaired) electrons. The Kier molecular flexibility index (Phi) is 3.98. The van der Waals surface area contributed by atoms with Crippen LogP contribution in [0.2, 0.25) is 0 Å². The molecule has 0 aliphatic carbocycles. The van der Waals surface area contributed by atoms with E-state index in [4.69, 9.17) is 10.5 Å². The van der Waals surface area contributed by atoms with Gasteiger partial charge in [-0.2, -0.15) is 0 Å². The van der Waals surface area contributed by atoms with E-state index in [1.165, 1.54) is 6.07 Å². The van der Waals surface area contributed by atoms with Gasteiger partial charge in [0, 0.05) is 25.3 Å². The Morgan fingerprint density at radius 3 is 2.95 bits per heavy atom. The van der Waals surface area contributed by atoms with Crippen LogP contribution in [-0.2, 0) is 11.3 Å². The third kappa shape index (κ3) is 2.96. The maximum atomic E-state index is 13.3. The summed E-state index contributed by atoms with van der Waals surface area (Å²) in [6.07, 6.45) is 4.31. The SMILES string of the molecule is NC(c1cncn1Cc1ccc(F)c(F)c1)C1CCOC1. The molecule has 1 fully saturated rings. The number of benzene rings is 1. The molecular formula is C15H17F2N3O. The van der Waals surface area contributed by atoms with Crippen molar-refractivity contribution in [2.75, 3.05) is 13.2 Å². The molecule has 2 unspecified atom stereocenters. The molecule has 3 rings (SSSR count). The molecule has 21 heavy (non-hydrogen) atoms. The maximum Gasteiger partial charge on any atom is 0.159 e. The average molecular weight is 293 g/mol. The number of nitrogens with zero attached hydrogens (tertiary/aromatic N) is 2. The summed E-state index contributed by atoms with van der Waals surface area (Å²) in [5.41, 5.74) is 7.83. The van der Waals surface area contributed by atoms with Gasteiger partial charge in [0.15, 0.2) is 11.6 Å². The Hall–Kier alpha value is -1.79. The number of aromatic nitrogens is 2. The summed E-state index contributed by atoms with van der Waals surface area (Å²) in [4.78, 5) is 4.13. The second-order valence-electron chi connectivity index (χ2n) is 5.34. The lowest BCUT2D eigenvalue weighted by Gasteiger charge is -2.19. The van der Waals surface area contributed by atoms with Crippen molar-refractivity contribution in [1.82, 2.24) is 9.55 Å². The highest BCUT2D eigenvalue weighted by atomic mass is 19.2. The molecule has 1 aliphatic rings. The standard InChI is InChI=1S/C15H17F2N3O/c16-12-2-1-10(5-13(12)17)7-20-9-19-6-14(20)15(18)11-3-4-21-8-11/h1-2,5-6,9,11,15H,3-4,7-8,18H2. The van der Waals surface area contributed by atoms with E-state index in [1.54, 1.807) is 18.6 Å². The lowest BCUT2D eigenvalue weighted by Crippen LogP contribution is -2.24. The highest BCUT2D eigenvalue weighted by Crippen LogP contribution is 2.26. The van der Waals surface area contributed by atoms with Crippen LogP contribution in [0, 0.1) is 17.6 Å². The van der Waals surface area contributed by atoms with Gasteiger partial charge in [0.2, 0.25) is 0 Å². The molecule has 112 valence electrons. The van der Waals surface area contributed by atoms with Crippen molar-refractivity contribution in [3.63, 3.8) is 0 Å². The van der Waals surface area contributed by atoms with Crippen LogP contribution in [-0.4, -0.2) is 22.8 Å². The van der Waals surface area contributed by atoms with E-state index in [9.17, 15) is 8.78 Å². The van der Waals surface area contributed by atoms with Gasteiger partial charge in [-0.3, -0.25) is 0 Å². The highest BCUT2D eigenvalue weighted by Gasteiger charge is 2.26. The molecule has 1 saturated heterocycles. The molecule has 0 amide bonds. The summed E-state index contributed by atoms with van der Waals surface area (Å²) in [6, 6.07) is 3.72. The van der Waals surface area contributed by atoms with Crippen LogP contribution < -0.4 is 5.73 Å². The number of rotatable bonds is 4. The molecule has 2 heterocycles. The van der Waals surface area contributed by atoms with Crippen LogP contribution in [0.25, 0.3) is 0 Å². The largest absolute Gasteiger partial charge is 0.381 e. The molecule has 6 heteroatoms. The molecule has 2 aromatic rings. The number of hydrogen-bond donors (Lipinski definition) is 1. The number of halogens is 2. The van der Waals surface area contributed by atoms with Gasteiger partial charge in [0.25, 0.3) is 0 Å². The fraction of sp³-hybridized carbons (Fsp3) is 0.400. The molecule has 1 aliphatic heterocycles. The highest BCUT2D eigenvalue weighted by molar-refractivity contribution is 5.19. The first-order chi connectivity index (χ1) is 10.1. The minimum Gasteiger partial charge on any atom is -0.381 e. The second kappa shape index (κ2) is 5.91. The monoisotopic (exact) mass is 293 g/mol. The number of ether oxygens (including phenoxy) is 1. The van der Waals surface area contributed by atoms with Crippen molar-refractivity contribution < 1.29 is 13.5 Å². The van der Waals surface area contributed by atoms with E-state index in [0.717, 1.165) is 24.8 Å². The maximum absolute atomic E-state index is 13.3. The fourth-order valence-electron chi connectivity index (χ4n) is 2.65.